The van der Waals surface area contributed by atoms with E-state index >= 15 is 0 Å². The number of ether oxygens (including phenoxy) is 2. The third-order valence-electron chi connectivity index (χ3n) is 5.03. The van der Waals surface area contributed by atoms with Crippen LogP contribution in [-0.4, -0.2) is 38.9 Å². The highest BCUT2D eigenvalue weighted by atomic mass is 32.2. The van der Waals surface area contributed by atoms with Gasteiger partial charge in [0.15, 0.2) is 0 Å². The summed E-state index contributed by atoms with van der Waals surface area (Å²) in [6, 6.07) is 12.0. The van der Waals surface area contributed by atoms with Crippen LogP contribution >= 0.6 is 0 Å². The van der Waals surface area contributed by atoms with Gasteiger partial charge in [-0.2, -0.15) is 4.31 Å². The molecule has 1 aliphatic rings. The van der Waals surface area contributed by atoms with Gasteiger partial charge in [-0.25, -0.2) is 8.42 Å². The zero-order valence-corrected chi connectivity index (χ0v) is 17.2. The summed E-state index contributed by atoms with van der Waals surface area (Å²) >= 11 is 0. The topological polar surface area (TPSA) is 72.9 Å². The lowest BCUT2D eigenvalue weighted by Gasteiger charge is -2.30. The zero-order valence-electron chi connectivity index (χ0n) is 16.3. The van der Waals surface area contributed by atoms with Gasteiger partial charge in [-0.15, -0.1) is 0 Å². The van der Waals surface area contributed by atoms with Crippen molar-refractivity contribution in [2.75, 3.05) is 20.2 Å². The maximum absolute atomic E-state index is 12.8. The molecular formula is C21H25NO5S. The SMILES string of the molecule is COc1ccc(S(=O)(=O)N2CCC(C(=O)Oc3ccc(C)cc3C)CC2)cc1. The second kappa shape index (κ2) is 8.32. The van der Waals surface area contributed by atoms with E-state index in [1.807, 2.05) is 26.0 Å². The Morgan fingerprint density at radius 2 is 1.68 bits per heavy atom. The van der Waals surface area contributed by atoms with Crippen LogP contribution in [0.4, 0.5) is 0 Å². The van der Waals surface area contributed by atoms with E-state index in [0.29, 0.717) is 37.4 Å². The van der Waals surface area contributed by atoms with E-state index in [1.54, 1.807) is 18.2 Å². The molecule has 7 heteroatoms. The first-order valence-corrected chi connectivity index (χ1v) is 10.7. The van der Waals surface area contributed by atoms with Gasteiger partial charge in [0, 0.05) is 13.1 Å². The van der Waals surface area contributed by atoms with Crippen molar-refractivity contribution in [3.05, 3.63) is 53.6 Å². The number of hydrogen-bond acceptors (Lipinski definition) is 5. The normalized spacial score (nSPS) is 16.0. The summed E-state index contributed by atoms with van der Waals surface area (Å²) in [5.41, 5.74) is 2.02. The monoisotopic (exact) mass is 403 g/mol. The van der Waals surface area contributed by atoms with Crippen LogP contribution in [-0.2, 0) is 14.8 Å². The summed E-state index contributed by atoms with van der Waals surface area (Å²) in [5, 5.41) is 0. The summed E-state index contributed by atoms with van der Waals surface area (Å²) in [5.74, 6) is 0.562. The number of carbonyl (C=O) groups excluding carboxylic acids is 1. The lowest BCUT2D eigenvalue weighted by Crippen LogP contribution is -2.41. The molecule has 6 nitrogen and oxygen atoms in total. The number of aryl methyl sites for hydroxylation is 2. The van der Waals surface area contributed by atoms with Gasteiger partial charge in [-0.1, -0.05) is 17.7 Å². The minimum Gasteiger partial charge on any atom is -0.497 e. The first-order valence-electron chi connectivity index (χ1n) is 9.24. The maximum Gasteiger partial charge on any atom is 0.314 e. The number of sulfonamides is 1. The molecule has 0 atom stereocenters. The van der Waals surface area contributed by atoms with Gasteiger partial charge in [0.1, 0.15) is 11.5 Å². The highest BCUT2D eigenvalue weighted by molar-refractivity contribution is 7.89. The Kier molecular flexibility index (Phi) is 6.05. The van der Waals surface area contributed by atoms with Crippen LogP contribution in [0.2, 0.25) is 0 Å². The van der Waals surface area contributed by atoms with Gasteiger partial charge in [0.25, 0.3) is 0 Å². The predicted octanol–water partition coefficient (Wildman–Crippen LogP) is 3.32. The molecule has 1 heterocycles. The van der Waals surface area contributed by atoms with E-state index in [9.17, 15) is 13.2 Å². The van der Waals surface area contributed by atoms with E-state index in [1.165, 1.54) is 23.5 Å². The van der Waals surface area contributed by atoms with Gasteiger partial charge in [-0.05, 0) is 62.6 Å². The van der Waals surface area contributed by atoms with Crippen molar-refractivity contribution < 1.29 is 22.7 Å². The van der Waals surface area contributed by atoms with E-state index < -0.39 is 10.0 Å². The summed E-state index contributed by atoms with van der Waals surface area (Å²) < 4.78 is 37.6. The number of benzene rings is 2. The molecule has 0 saturated carbocycles. The standard InChI is InChI=1S/C21H25NO5S/c1-15-4-9-20(16(2)14-15)27-21(23)17-10-12-22(13-11-17)28(24,25)19-7-5-18(26-3)6-8-19/h4-9,14,17H,10-13H2,1-3H3. The molecule has 3 rings (SSSR count). The van der Waals surface area contributed by atoms with Crippen molar-refractivity contribution in [2.45, 2.75) is 31.6 Å². The van der Waals surface area contributed by atoms with Crippen LogP contribution in [0.15, 0.2) is 47.4 Å². The van der Waals surface area contributed by atoms with E-state index in [2.05, 4.69) is 0 Å². The first-order chi connectivity index (χ1) is 13.3. The molecule has 1 saturated heterocycles. The molecule has 150 valence electrons. The smallest absolute Gasteiger partial charge is 0.314 e. The second-order valence-corrected chi connectivity index (χ2v) is 8.98. The molecule has 0 spiro atoms. The van der Waals surface area contributed by atoms with Crippen LogP contribution in [0.25, 0.3) is 0 Å². The molecule has 0 aromatic heterocycles. The van der Waals surface area contributed by atoms with Crippen LogP contribution in [0.5, 0.6) is 11.5 Å². The van der Waals surface area contributed by atoms with Gasteiger partial charge in [0.05, 0.1) is 17.9 Å². The molecule has 28 heavy (non-hydrogen) atoms. The molecule has 0 unspecified atom stereocenters. The van der Waals surface area contributed by atoms with Crippen LogP contribution in [0, 0.1) is 19.8 Å². The Bertz CT molecular complexity index is 945. The third kappa shape index (κ3) is 4.36. The number of carbonyl (C=O) groups is 1. The Balaban J connectivity index is 1.62. The number of hydrogen-bond donors (Lipinski definition) is 0. The summed E-state index contributed by atoms with van der Waals surface area (Å²) in [6.07, 6.45) is 0.887. The van der Waals surface area contributed by atoms with Crippen LogP contribution in [0.1, 0.15) is 24.0 Å². The molecule has 1 fully saturated rings. The first kappa shape index (κ1) is 20.4. The highest BCUT2D eigenvalue weighted by Gasteiger charge is 2.33. The van der Waals surface area contributed by atoms with Crippen molar-refractivity contribution in [1.29, 1.82) is 0 Å². The molecule has 2 aromatic carbocycles. The molecule has 1 aliphatic heterocycles. The van der Waals surface area contributed by atoms with Crippen molar-refractivity contribution in [1.82, 2.24) is 4.31 Å². The second-order valence-electron chi connectivity index (χ2n) is 7.04. The minimum atomic E-state index is -3.58. The maximum atomic E-state index is 12.8. The van der Waals surface area contributed by atoms with E-state index in [4.69, 9.17) is 9.47 Å². The number of piperidine rings is 1. The fourth-order valence-electron chi connectivity index (χ4n) is 3.33. The minimum absolute atomic E-state index is 0.226. The van der Waals surface area contributed by atoms with Crippen LogP contribution < -0.4 is 9.47 Å². The fourth-order valence-corrected chi connectivity index (χ4v) is 4.80. The molecule has 0 radical (unpaired) electrons. The number of esters is 1. The van der Waals surface area contributed by atoms with Gasteiger partial charge in [-0.3, -0.25) is 4.79 Å². The van der Waals surface area contributed by atoms with Gasteiger partial charge >= 0.3 is 5.97 Å². The number of nitrogens with zero attached hydrogens (tertiary/aromatic N) is 1. The Labute approximate surface area is 166 Å². The third-order valence-corrected chi connectivity index (χ3v) is 6.94. The van der Waals surface area contributed by atoms with Gasteiger partial charge < -0.3 is 9.47 Å². The van der Waals surface area contributed by atoms with Crippen LogP contribution in [0.3, 0.4) is 0 Å². The Morgan fingerprint density at radius 3 is 2.25 bits per heavy atom. The molecular weight excluding hydrogens is 378 g/mol. The molecule has 0 aliphatic carbocycles. The Hall–Kier alpha value is -2.38. The summed E-state index contributed by atoms with van der Waals surface area (Å²) in [4.78, 5) is 12.7. The van der Waals surface area contributed by atoms with E-state index in [-0.39, 0.29) is 16.8 Å². The average molecular weight is 404 g/mol. The van der Waals surface area contributed by atoms with Gasteiger partial charge in [0.2, 0.25) is 10.0 Å². The summed E-state index contributed by atoms with van der Waals surface area (Å²) in [6.45, 7) is 4.47. The predicted molar refractivity (Wildman–Crippen MR) is 106 cm³/mol. The van der Waals surface area contributed by atoms with Crippen molar-refractivity contribution in [3.63, 3.8) is 0 Å². The zero-order chi connectivity index (χ0) is 20.3. The number of methoxy groups -OCH3 is 1. The molecule has 0 amide bonds. The summed E-state index contributed by atoms with van der Waals surface area (Å²) in [7, 11) is -2.05. The quantitative estimate of drug-likeness (QED) is 0.566. The largest absolute Gasteiger partial charge is 0.497 e. The van der Waals surface area contributed by atoms with Crippen molar-refractivity contribution in [2.24, 2.45) is 5.92 Å². The lowest BCUT2D eigenvalue weighted by atomic mass is 9.98. The Morgan fingerprint density at radius 1 is 1.04 bits per heavy atom. The molecule has 0 N–H and O–H groups in total. The van der Waals surface area contributed by atoms with Crippen molar-refractivity contribution in [3.8, 4) is 11.5 Å². The number of rotatable bonds is 5. The van der Waals surface area contributed by atoms with E-state index in [0.717, 1.165) is 11.1 Å². The lowest BCUT2D eigenvalue weighted by molar-refractivity contribution is -0.140. The fraction of sp³-hybridized carbons (Fsp3) is 0.381. The highest BCUT2D eigenvalue weighted by Crippen LogP contribution is 2.27. The molecule has 0 bridgehead atoms. The molecule has 2 aromatic rings. The van der Waals surface area contributed by atoms with Crippen molar-refractivity contribution >= 4 is 16.0 Å². The average Bonchev–Trinajstić information content (AvgIpc) is 2.70.